The number of anilines is 1. The maximum atomic E-state index is 13.6. The Labute approximate surface area is 178 Å². The number of hydrogen-bond donors (Lipinski definition) is 0. The van der Waals surface area contributed by atoms with Gasteiger partial charge in [-0.05, 0) is 30.3 Å². The number of hydrogen-bond acceptors (Lipinski definition) is 6. The molecule has 30 heavy (non-hydrogen) atoms. The lowest BCUT2D eigenvalue weighted by atomic mass is 10.1. The van der Waals surface area contributed by atoms with Gasteiger partial charge in [0.25, 0.3) is 0 Å². The molecule has 0 radical (unpaired) electrons. The fourth-order valence-electron chi connectivity index (χ4n) is 4.13. The second kappa shape index (κ2) is 8.24. The van der Waals surface area contributed by atoms with Crippen molar-refractivity contribution in [1.29, 1.82) is 0 Å². The highest BCUT2D eigenvalue weighted by Crippen LogP contribution is 2.39. The summed E-state index contributed by atoms with van der Waals surface area (Å²) < 4.78 is 26.1. The molecule has 1 saturated heterocycles. The number of ketones is 1. The van der Waals surface area contributed by atoms with E-state index in [1.54, 1.807) is 6.07 Å². The van der Waals surface area contributed by atoms with Crippen LogP contribution in [0.25, 0.3) is 10.1 Å². The minimum atomic E-state index is -0.302. The van der Waals surface area contributed by atoms with Crippen LogP contribution < -0.4 is 14.4 Å². The summed E-state index contributed by atoms with van der Waals surface area (Å²) in [6, 6.07) is 10.7. The van der Waals surface area contributed by atoms with E-state index in [4.69, 9.17) is 9.47 Å². The highest BCUT2D eigenvalue weighted by Gasteiger charge is 2.24. The Balaban J connectivity index is 1.19. The zero-order valence-corrected chi connectivity index (χ0v) is 17.4. The summed E-state index contributed by atoms with van der Waals surface area (Å²) in [7, 11) is 0. The second-order valence-corrected chi connectivity index (χ2v) is 8.50. The van der Waals surface area contributed by atoms with Gasteiger partial charge < -0.3 is 14.4 Å². The number of rotatable bonds is 5. The number of carbonyl (C=O) groups excluding carboxylic acids is 1. The first kappa shape index (κ1) is 19.3. The summed E-state index contributed by atoms with van der Waals surface area (Å²) in [5.74, 6) is 1.43. The molecule has 2 aliphatic rings. The van der Waals surface area contributed by atoms with E-state index in [0.717, 1.165) is 53.5 Å². The van der Waals surface area contributed by atoms with Crippen LogP contribution in [0.4, 0.5) is 10.1 Å². The van der Waals surface area contributed by atoms with Gasteiger partial charge in [-0.1, -0.05) is 6.07 Å². The van der Waals surface area contributed by atoms with E-state index in [1.165, 1.54) is 23.5 Å². The first-order chi connectivity index (χ1) is 14.7. The van der Waals surface area contributed by atoms with Crippen LogP contribution in [0, 0.1) is 5.82 Å². The van der Waals surface area contributed by atoms with Crippen molar-refractivity contribution in [3.05, 3.63) is 53.2 Å². The van der Waals surface area contributed by atoms with E-state index in [0.29, 0.717) is 31.7 Å². The Kier molecular flexibility index (Phi) is 5.31. The molecule has 1 fully saturated rings. The van der Waals surface area contributed by atoms with Crippen molar-refractivity contribution in [3.8, 4) is 11.5 Å². The molecule has 3 heterocycles. The van der Waals surface area contributed by atoms with Crippen molar-refractivity contribution in [2.45, 2.75) is 6.42 Å². The molecule has 0 spiro atoms. The number of carbonyl (C=O) groups is 1. The van der Waals surface area contributed by atoms with Gasteiger partial charge in [0.2, 0.25) is 0 Å². The van der Waals surface area contributed by atoms with Crippen LogP contribution >= 0.6 is 11.3 Å². The Bertz CT molecular complexity index is 1080. The third kappa shape index (κ3) is 3.75. The van der Waals surface area contributed by atoms with E-state index < -0.39 is 0 Å². The average molecular weight is 427 g/mol. The molecule has 156 valence electrons. The van der Waals surface area contributed by atoms with Gasteiger partial charge in [0, 0.05) is 60.2 Å². The van der Waals surface area contributed by atoms with Crippen molar-refractivity contribution >= 4 is 32.9 Å². The molecule has 0 bridgehead atoms. The number of benzene rings is 2. The zero-order chi connectivity index (χ0) is 20.5. The van der Waals surface area contributed by atoms with Gasteiger partial charge in [-0.2, -0.15) is 0 Å². The number of fused-ring (bicyclic) bond motifs is 2. The van der Waals surface area contributed by atoms with Crippen LogP contribution in [0.15, 0.2) is 41.8 Å². The minimum absolute atomic E-state index is 0.0805. The van der Waals surface area contributed by atoms with Crippen molar-refractivity contribution < 1.29 is 18.7 Å². The standard InChI is InChI=1S/C23H23FN2O3S/c24-16-4-5-22-17(14-16)18(15-30-22)20(27)6-7-25-8-10-26(11-9-25)19-2-1-3-21-23(19)29-13-12-28-21/h1-5,14-15H,6-13H2. The average Bonchev–Trinajstić information content (AvgIpc) is 3.20. The monoisotopic (exact) mass is 426 g/mol. The quantitative estimate of drug-likeness (QED) is 0.572. The van der Waals surface area contributed by atoms with Crippen LogP contribution in [0.5, 0.6) is 11.5 Å². The molecule has 5 nitrogen and oxygen atoms in total. The van der Waals surface area contributed by atoms with E-state index >= 15 is 0 Å². The van der Waals surface area contributed by atoms with Gasteiger partial charge in [-0.15, -0.1) is 11.3 Å². The third-order valence-electron chi connectivity index (χ3n) is 5.75. The summed E-state index contributed by atoms with van der Waals surface area (Å²) in [6.45, 7) is 5.40. The normalized spacial score (nSPS) is 16.8. The van der Waals surface area contributed by atoms with Crippen molar-refractivity contribution in [2.75, 3.05) is 50.8 Å². The Hall–Kier alpha value is -2.64. The zero-order valence-electron chi connectivity index (χ0n) is 16.6. The first-order valence-electron chi connectivity index (χ1n) is 10.2. The molecule has 0 N–H and O–H groups in total. The number of nitrogens with zero attached hydrogens (tertiary/aromatic N) is 2. The summed E-state index contributed by atoms with van der Waals surface area (Å²) in [6.07, 6.45) is 0.444. The summed E-state index contributed by atoms with van der Waals surface area (Å²) in [5.41, 5.74) is 1.72. The van der Waals surface area contributed by atoms with E-state index in [-0.39, 0.29) is 11.6 Å². The van der Waals surface area contributed by atoms with Crippen LogP contribution in [-0.2, 0) is 0 Å². The lowest BCUT2D eigenvalue weighted by Gasteiger charge is -2.37. The fraction of sp³-hybridized carbons (Fsp3) is 0.348. The molecule has 2 aromatic carbocycles. The minimum Gasteiger partial charge on any atom is -0.486 e. The molecule has 0 atom stereocenters. The van der Waals surface area contributed by atoms with E-state index in [9.17, 15) is 9.18 Å². The van der Waals surface area contributed by atoms with Gasteiger partial charge in [0.05, 0.1) is 5.69 Å². The number of para-hydroxylation sites is 1. The van der Waals surface area contributed by atoms with Gasteiger partial charge in [-0.3, -0.25) is 9.69 Å². The second-order valence-electron chi connectivity index (χ2n) is 7.59. The van der Waals surface area contributed by atoms with Crippen molar-refractivity contribution in [2.24, 2.45) is 0 Å². The SMILES string of the molecule is O=C(CCN1CCN(c2cccc3c2OCCO3)CC1)c1csc2ccc(F)cc12. The number of halogens is 1. The molecule has 0 unspecified atom stereocenters. The molecule has 5 rings (SSSR count). The van der Waals surface area contributed by atoms with Gasteiger partial charge in [-0.25, -0.2) is 4.39 Å². The van der Waals surface area contributed by atoms with E-state index in [1.807, 2.05) is 17.5 Å². The van der Waals surface area contributed by atoms with Crippen LogP contribution in [-0.4, -0.2) is 56.6 Å². The third-order valence-corrected chi connectivity index (χ3v) is 6.71. The number of Topliss-reactive ketones (excluding diaryl/α,β-unsaturated/α-hetero) is 1. The van der Waals surface area contributed by atoms with Crippen molar-refractivity contribution in [1.82, 2.24) is 4.90 Å². The van der Waals surface area contributed by atoms with Crippen LogP contribution in [0.2, 0.25) is 0 Å². The Morgan fingerprint density at radius 1 is 1.07 bits per heavy atom. The number of ether oxygens (including phenoxy) is 2. The highest BCUT2D eigenvalue weighted by atomic mass is 32.1. The highest BCUT2D eigenvalue weighted by molar-refractivity contribution is 7.17. The molecule has 2 aliphatic heterocycles. The molecule has 1 aromatic heterocycles. The predicted octanol–water partition coefficient (Wildman–Crippen LogP) is 4.21. The smallest absolute Gasteiger partial charge is 0.184 e. The Morgan fingerprint density at radius 2 is 1.90 bits per heavy atom. The lowest BCUT2D eigenvalue weighted by molar-refractivity contribution is 0.0964. The van der Waals surface area contributed by atoms with Crippen LogP contribution in [0.3, 0.4) is 0 Å². The van der Waals surface area contributed by atoms with Gasteiger partial charge >= 0.3 is 0 Å². The predicted molar refractivity (Wildman–Crippen MR) is 117 cm³/mol. The maximum Gasteiger partial charge on any atom is 0.184 e. The molecule has 0 saturated carbocycles. The van der Waals surface area contributed by atoms with Gasteiger partial charge in [0.15, 0.2) is 17.3 Å². The molecule has 3 aromatic rings. The van der Waals surface area contributed by atoms with Crippen LogP contribution in [0.1, 0.15) is 16.8 Å². The maximum absolute atomic E-state index is 13.6. The summed E-state index contributed by atoms with van der Waals surface area (Å²) in [4.78, 5) is 17.4. The molecular formula is C23H23FN2O3S. The molecule has 0 aliphatic carbocycles. The molecule has 7 heteroatoms. The largest absolute Gasteiger partial charge is 0.486 e. The molecule has 0 amide bonds. The number of thiophene rings is 1. The Morgan fingerprint density at radius 3 is 2.77 bits per heavy atom. The summed E-state index contributed by atoms with van der Waals surface area (Å²) >= 11 is 1.49. The first-order valence-corrected chi connectivity index (χ1v) is 11.1. The molecular weight excluding hydrogens is 403 g/mol. The lowest BCUT2D eigenvalue weighted by Crippen LogP contribution is -2.47. The van der Waals surface area contributed by atoms with Gasteiger partial charge in [0.1, 0.15) is 19.0 Å². The topological polar surface area (TPSA) is 42.0 Å². The summed E-state index contributed by atoms with van der Waals surface area (Å²) in [5, 5.41) is 2.58. The van der Waals surface area contributed by atoms with Crippen molar-refractivity contribution in [3.63, 3.8) is 0 Å². The fourth-order valence-corrected chi connectivity index (χ4v) is 5.08. The number of piperazine rings is 1. The van der Waals surface area contributed by atoms with E-state index in [2.05, 4.69) is 15.9 Å².